The summed E-state index contributed by atoms with van der Waals surface area (Å²) in [6, 6.07) is 2.17. The van der Waals surface area contributed by atoms with E-state index in [4.69, 9.17) is 11.6 Å². The normalized spacial score (nSPS) is 22.1. The molecule has 0 spiro atoms. The van der Waals surface area contributed by atoms with Crippen LogP contribution in [0.3, 0.4) is 0 Å². The molecule has 2 unspecified atom stereocenters. The van der Waals surface area contributed by atoms with Crippen molar-refractivity contribution in [3.63, 3.8) is 0 Å². The third-order valence-electron chi connectivity index (χ3n) is 4.02. The van der Waals surface area contributed by atoms with Crippen LogP contribution < -0.4 is 5.32 Å². The first kappa shape index (κ1) is 16.7. The zero-order chi connectivity index (χ0) is 15.4. The van der Waals surface area contributed by atoms with E-state index in [0.717, 1.165) is 37.8 Å². The molecular weight excluding hydrogens is 364 g/mol. The molecule has 0 radical (unpaired) electrons. The number of halogens is 4. The van der Waals surface area contributed by atoms with Gasteiger partial charge in [-0.2, -0.15) is 0 Å². The van der Waals surface area contributed by atoms with Gasteiger partial charge in [0.15, 0.2) is 0 Å². The van der Waals surface area contributed by atoms with Crippen molar-refractivity contribution in [1.29, 1.82) is 0 Å². The van der Waals surface area contributed by atoms with Crippen molar-refractivity contribution in [2.24, 2.45) is 11.8 Å². The van der Waals surface area contributed by atoms with Gasteiger partial charge in [0.25, 0.3) is 5.91 Å². The monoisotopic (exact) mass is 379 g/mol. The maximum absolute atomic E-state index is 13.7. The second-order valence-corrected chi connectivity index (χ2v) is 6.64. The third kappa shape index (κ3) is 4.16. The predicted molar refractivity (Wildman–Crippen MR) is 82.6 cm³/mol. The maximum Gasteiger partial charge on any atom is 0.257 e. The lowest BCUT2D eigenvalue weighted by atomic mass is 9.80. The van der Waals surface area contributed by atoms with Crippen molar-refractivity contribution in [2.75, 3.05) is 12.4 Å². The molecule has 0 saturated heterocycles. The third-order valence-corrected chi connectivity index (χ3v) is 4.88. The summed E-state index contributed by atoms with van der Waals surface area (Å²) in [6.07, 6.45) is 4.29. The lowest BCUT2D eigenvalue weighted by molar-refractivity contribution is 0.0928. The fourth-order valence-electron chi connectivity index (χ4n) is 2.83. The highest BCUT2D eigenvalue weighted by Gasteiger charge is 2.26. The molecule has 2 rings (SSSR count). The number of hydrogen-bond donors (Lipinski definition) is 1. The van der Waals surface area contributed by atoms with Gasteiger partial charge in [0, 0.05) is 16.9 Å². The van der Waals surface area contributed by atoms with Crippen molar-refractivity contribution in [1.82, 2.24) is 5.32 Å². The van der Waals surface area contributed by atoms with Crippen LogP contribution in [-0.4, -0.2) is 18.3 Å². The van der Waals surface area contributed by atoms with Crippen LogP contribution in [0.25, 0.3) is 0 Å². The summed E-state index contributed by atoms with van der Waals surface area (Å²) in [5, 5.41) is 2.64. The Kier molecular flexibility index (Phi) is 5.99. The van der Waals surface area contributed by atoms with Gasteiger partial charge in [-0.15, -0.1) is 11.6 Å². The molecule has 2 nitrogen and oxygen atoms in total. The van der Waals surface area contributed by atoms with E-state index < -0.39 is 23.1 Å². The lowest BCUT2D eigenvalue weighted by Crippen LogP contribution is -2.35. The summed E-state index contributed by atoms with van der Waals surface area (Å²) in [7, 11) is 0. The van der Waals surface area contributed by atoms with Crippen molar-refractivity contribution in [2.45, 2.75) is 25.7 Å². The number of carbonyl (C=O) groups is 1. The van der Waals surface area contributed by atoms with E-state index in [-0.39, 0.29) is 10.4 Å². The Balaban J connectivity index is 2.02. The molecule has 1 aliphatic rings. The Morgan fingerprint density at radius 3 is 2.38 bits per heavy atom. The minimum absolute atomic E-state index is 0.267. The van der Waals surface area contributed by atoms with Gasteiger partial charge < -0.3 is 5.32 Å². The second kappa shape index (κ2) is 7.54. The standard InChI is InChI=1S/C15H17BrClF2NO/c16-11-5-12(18)14(13(19)6-11)15(21)20-8-10-4-2-1-3-9(10)7-17/h5-6,9-10H,1-4,7-8H2,(H,20,21). The second-order valence-electron chi connectivity index (χ2n) is 5.41. The fourth-order valence-corrected chi connectivity index (χ4v) is 3.64. The van der Waals surface area contributed by atoms with Crippen molar-refractivity contribution < 1.29 is 13.6 Å². The predicted octanol–water partition coefficient (Wildman–Crippen LogP) is 4.50. The summed E-state index contributed by atoms with van der Waals surface area (Å²) >= 11 is 8.93. The van der Waals surface area contributed by atoms with Gasteiger partial charge in [-0.3, -0.25) is 4.79 Å². The molecule has 2 atom stereocenters. The molecule has 1 aromatic rings. The highest BCUT2D eigenvalue weighted by molar-refractivity contribution is 9.10. The Morgan fingerprint density at radius 2 is 1.81 bits per heavy atom. The highest BCUT2D eigenvalue weighted by atomic mass is 79.9. The molecule has 0 heterocycles. The number of rotatable bonds is 4. The number of carbonyl (C=O) groups excluding carboxylic acids is 1. The lowest BCUT2D eigenvalue weighted by Gasteiger charge is -2.30. The van der Waals surface area contributed by atoms with Gasteiger partial charge in [-0.05, 0) is 36.8 Å². The number of hydrogen-bond acceptors (Lipinski definition) is 1. The van der Waals surface area contributed by atoms with Crippen LogP contribution >= 0.6 is 27.5 Å². The highest BCUT2D eigenvalue weighted by Crippen LogP contribution is 2.30. The van der Waals surface area contributed by atoms with Crippen LogP contribution in [0.5, 0.6) is 0 Å². The molecule has 0 aliphatic heterocycles. The van der Waals surface area contributed by atoms with Gasteiger partial charge >= 0.3 is 0 Å². The molecule has 1 saturated carbocycles. The molecule has 1 amide bonds. The van der Waals surface area contributed by atoms with Crippen LogP contribution in [0.15, 0.2) is 16.6 Å². The Morgan fingerprint density at radius 1 is 1.24 bits per heavy atom. The van der Waals surface area contributed by atoms with Crippen LogP contribution in [0.1, 0.15) is 36.0 Å². The van der Waals surface area contributed by atoms with Crippen molar-refractivity contribution in [3.05, 3.63) is 33.8 Å². The van der Waals surface area contributed by atoms with Crippen LogP contribution in [-0.2, 0) is 0 Å². The molecular formula is C15H17BrClF2NO. The van der Waals surface area contributed by atoms with Crippen LogP contribution in [0, 0.1) is 23.5 Å². The van der Waals surface area contributed by atoms with Gasteiger partial charge in [-0.25, -0.2) is 8.78 Å². The first-order valence-electron chi connectivity index (χ1n) is 7.01. The Labute approximate surface area is 136 Å². The summed E-state index contributed by atoms with van der Waals surface area (Å²) in [4.78, 5) is 12.0. The quantitative estimate of drug-likeness (QED) is 0.766. The average molecular weight is 381 g/mol. The summed E-state index contributed by atoms with van der Waals surface area (Å²) < 4.78 is 27.7. The van der Waals surface area contributed by atoms with Crippen molar-refractivity contribution >= 4 is 33.4 Å². The van der Waals surface area contributed by atoms with E-state index in [1.807, 2.05) is 0 Å². The van der Waals surface area contributed by atoms with Gasteiger partial charge in [0.05, 0.1) is 0 Å². The summed E-state index contributed by atoms with van der Waals surface area (Å²) in [5.41, 5.74) is -0.531. The molecule has 1 fully saturated rings. The minimum atomic E-state index is -0.864. The first-order valence-corrected chi connectivity index (χ1v) is 8.34. The number of benzene rings is 1. The Hall–Kier alpha value is -0.680. The van der Waals surface area contributed by atoms with E-state index in [2.05, 4.69) is 21.2 Å². The van der Waals surface area contributed by atoms with E-state index >= 15 is 0 Å². The molecule has 1 N–H and O–H groups in total. The smallest absolute Gasteiger partial charge is 0.257 e. The van der Waals surface area contributed by atoms with Crippen LogP contribution in [0.2, 0.25) is 0 Å². The summed E-state index contributed by atoms with van der Waals surface area (Å²) in [5.74, 6) is -1.24. The number of nitrogens with one attached hydrogen (secondary N) is 1. The molecule has 1 aliphatic carbocycles. The van der Waals surface area contributed by atoms with Gasteiger partial charge in [0.2, 0.25) is 0 Å². The topological polar surface area (TPSA) is 29.1 Å². The SMILES string of the molecule is O=C(NCC1CCCCC1CCl)c1c(F)cc(Br)cc1F. The van der Waals surface area contributed by atoms with Gasteiger partial charge in [0.1, 0.15) is 17.2 Å². The molecule has 6 heteroatoms. The molecule has 21 heavy (non-hydrogen) atoms. The number of amides is 1. The maximum atomic E-state index is 13.7. The molecule has 0 bridgehead atoms. The van der Waals surface area contributed by atoms with E-state index in [1.165, 1.54) is 0 Å². The van der Waals surface area contributed by atoms with Crippen LogP contribution in [0.4, 0.5) is 8.78 Å². The Bertz CT molecular complexity index is 503. The zero-order valence-electron chi connectivity index (χ0n) is 11.5. The average Bonchev–Trinajstić information content (AvgIpc) is 2.44. The molecule has 0 aromatic heterocycles. The number of alkyl halides is 1. The molecule has 116 valence electrons. The molecule has 1 aromatic carbocycles. The van der Waals surface area contributed by atoms with E-state index in [1.54, 1.807) is 0 Å². The van der Waals surface area contributed by atoms with Crippen molar-refractivity contribution in [3.8, 4) is 0 Å². The van der Waals surface area contributed by atoms with Gasteiger partial charge in [-0.1, -0.05) is 28.8 Å². The largest absolute Gasteiger partial charge is 0.352 e. The zero-order valence-corrected chi connectivity index (χ0v) is 13.8. The van der Waals surface area contributed by atoms with E-state index in [9.17, 15) is 13.6 Å². The summed E-state index contributed by atoms with van der Waals surface area (Å²) in [6.45, 7) is 0.408. The first-order chi connectivity index (χ1) is 10.0. The minimum Gasteiger partial charge on any atom is -0.352 e. The fraction of sp³-hybridized carbons (Fsp3) is 0.533. The van der Waals surface area contributed by atoms with E-state index in [0.29, 0.717) is 18.3 Å².